The van der Waals surface area contributed by atoms with E-state index in [4.69, 9.17) is 0 Å². The van der Waals surface area contributed by atoms with Crippen LogP contribution in [-0.2, 0) is 19.9 Å². The minimum atomic E-state index is -1.07. The van der Waals surface area contributed by atoms with Gasteiger partial charge in [-0.3, -0.25) is 24.2 Å². The molecule has 1 aromatic carbocycles. The molecular formula is C20H22BrN3O3. The molecule has 3 amide bonds. The third-order valence-electron chi connectivity index (χ3n) is 7.02. The summed E-state index contributed by atoms with van der Waals surface area (Å²) in [5, 5.41) is 2.99. The Kier molecular flexibility index (Phi) is 3.63. The number of nitrogens with zero attached hydrogens (tertiary/aromatic N) is 2. The molecule has 0 saturated carbocycles. The third kappa shape index (κ3) is 1.92. The van der Waals surface area contributed by atoms with Crippen molar-refractivity contribution in [2.45, 2.75) is 50.7 Å². The zero-order chi connectivity index (χ0) is 19.1. The van der Waals surface area contributed by atoms with Gasteiger partial charge in [0.05, 0.1) is 11.8 Å². The summed E-state index contributed by atoms with van der Waals surface area (Å²) in [6.45, 7) is 4.63. The number of carbonyl (C=O) groups excluding carboxylic acids is 3. The van der Waals surface area contributed by atoms with Crippen molar-refractivity contribution >= 4 is 39.3 Å². The fourth-order valence-corrected chi connectivity index (χ4v) is 6.18. The summed E-state index contributed by atoms with van der Waals surface area (Å²) < 4.78 is 0.867. The topological polar surface area (TPSA) is 69.7 Å². The highest BCUT2D eigenvalue weighted by molar-refractivity contribution is 9.10. The lowest BCUT2D eigenvalue weighted by Gasteiger charge is -2.37. The number of imide groups is 1. The van der Waals surface area contributed by atoms with E-state index in [9.17, 15) is 14.4 Å². The van der Waals surface area contributed by atoms with E-state index in [0.717, 1.165) is 35.1 Å². The predicted octanol–water partition coefficient (Wildman–Crippen LogP) is 2.47. The van der Waals surface area contributed by atoms with E-state index >= 15 is 0 Å². The highest BCUT2D eigenvalue weighted by Crippen LogP contribution is 2.60. The molecule has 3 fully saturated rings. The molecule has 1 N–H and O–H groups in total. The molecule has 3 saturated heterocycles. The molecule has 0 radical (unpaired) electrons. The van der Waals surface area contributed by atoms with Gasteiger partial charge in [-0.25, -0.2) is 0 Å². The number of benzene rings is 1. The van der Waals surface area contributed by atoms with Crippen LogP contribution in [0.25, 0.3) is 0 Å². The second kappa shape index (κ2) is 5.64. The summed E-state index contributed by atoms with van der Waals surface area (Å²) in [7, 11) is 0. The van der Waals surface area contributed by atoms with Gasteiger partial charge in [-0.2, -0.15) is 0 Å². The maximum absolute atomic E-state index is 13.5. The van der Waals surface area contributed by atoms with Crippen molar-refractivity contribution in [3.8, 4) is 0 Å². The number of rotatable bonds is 2. The largest absolute Gasteiger partial charge is 0.324 e. The minimum Gasteiger partial charge on any atom is -0.324 e. The molecule has 142 valence electrons. The first-order chi connectivity index (χ1) is 12.9. The number of anilines is 1. The Hall–Kier alpha value is -1.73. The Morgan fingerprint density at radius 1 is 1.30 bits per heavy atom. The number of fused-ring (bicyclic) bond motifs is 7. The van der Waals surface area contributed by atoms with E-state index in [0.29, 0.717) is 6.42 Å². The Bertz CT molecular complexity index is 887. The van der Waals surface area contributed by atoms with Crippen molar-refractivity contribution in [2.75, 3.05) is 11.9 Å². The fourth-order valence-electron chi connectivity index (χ4n) is 5.81. The lowest BCUT2D eigenvalue weighted by atomic mass is 9.75. The van der Waals surface area contributed by atoms with Crippen LogP contribution in [0, 0.1) is 11.8 Å². The highest BCUT2D eigenvalue weighted by Gasteiger charge is 2.74. The first-order valence-electron chi connectivity index (χ1n) is 9.68. The molecule has 0 aliphatic carbocycles. The first kappa shape index (κ1) is 17.4. The van der Waals surface area contributed by atoms with E-state index in [-0.39, 0.29) is 29.8 Å². The molecular weight excluding hydrogens is 410 g/mol. The standard InChI is InChI=1S/C20H22BrN3O3/c1-3-10(2)24-17(25)15-14-5-4-8-23(14)20(16(15)18(24)26)12-9-11(21)6-7-13(12)22-19(20)27/h6-7,9-10,14-16H,3-5,8H2,1-2H3,(H,22,27)/t10-,14-,15-,16+,20-/m1/s1. The number of halogens is 1. The van der Waals surface area contributed by atoms with Gasteiger partial charge in [0.1, 0.15) is 5.54 Å². The third-order valence-corrected chi connectivity index (χ3v) is 7.51. The van der Waals surface area contributed by atoms with Crippen molar-refractivity contribution in [1.29, 1.82) is 0 Å². The van der Waals surface area contributed by atoms with Crippen LogP contribution in [0.5, 0.6) is 0 Å². The van der Waals surface area contributed by atoms with Crippen molar-refractivity contribution in [3.63, 3.8) is 0 Å². The molecule has 0 unspecified atom stereocenters. The molecule has 27 heavy (non-hydrogen) atoms. The van der Waals surface area contributed by atoms with Gasteiger partial charge in [-0.05, 0) is 50.9 Å². The van der Waals surface area contributed by atoms with Crippen molar-refractivity contribution in [1.82, 2.24) is 9.80 Å². The zero-order valence-electron chi connectivity index (χ0n) is 15.4. The Morgan fingerprint density at radius 3 is 2.81 bits per heavy atom. The molecule has 1 spiro atoms. The van der Waals surface area contributed by atoms with E-state index in [2.05, 4.69) is 26.1 Å². The minimum absolute atomic E-state index is 0.0452. The van der Waals surface area contributed by atoms with Gasteiger partial charge < -0.3 is 5.32 Å². The van der Waals surface area contributed by atoms with Crippen LogP contribution in [0.4, 0.5) is 5.69 Å². The fraction of sp³-hybridized carbons (Fsp3) is 0.550. The highest BCUT2D eigenvalue weighted by atomic mass is 79.9. The van der Waals surface area contributed by atoms with Crippen molar-refractivity contribution in [2.24, 2.45) is 11.8 Å². The van der Waals surface area contributed by atoms with E-state index in [1.54, 1.807) is 0 Å². The molecule has 7 heteroatoms. The van der Waals surface area contributed by atoms with Crippen LogP contribution in [0.15, 0.2) is 22.7 Å². The summed E-state index contributed by atoms with van der Waals surface area (Å²) in [6.07, 6.45) is 2.51. The van der Waals surface area contributed by atoms with Gasteiger partial charge in [-0.1, -0.05) is 22.9 Å². The van der Waals surface area contributed by atoms with Gasteiger partial charge in [0.25, 0.3) is 0 Å². The normalized spacial score (nSPS) is 35.6. The summed E-state index contributed by atoms with van der Waals surface area (Å²) in [6, 6.07) is 5.51. The monoisotopic (exact) mass is 431 g/mol. The zero-order valence-corrected chi connectivity index (χ0v) is 17.0. The number of likely N-dealkylation sites (tertiary alicyclic amines) is 1. The van der Waals surface area contributed by atoms with Crippen LogP contribution >= 0.6 is 15.9 Å². The van der Waals surface area contributed by atoms with Gasteiger partial charge in [-0.15, -0.1) is 0 Å². The number of carbonyl (C=O) groups is 3. The lowest BCUT2D eigenvalue weighted by molar-refractivity contribution is -0.147. The molecule has 0 bridgehead atoms. The maximum Gasteiger partial charge on any atom is 0.250 e. The quantitative estimate of drug-likeness (QED) is 0.730. The average Bonchev–Trinajstić information content (AvgIpc) is 3.33. The summed E-state index contributed by atoms with van der Waals surface area (Å²) in [5.41, 5.74) is 0.505. The number of hydrogen-bond donors (Lipinski definition) is 1. The summed E-state index contributed by atoms with van der Waals surface area (Å²) >= 11 is 3.51. The molecule has 0 aromatic heterocycles. The number of nitrogens with one attached hydrogen (secondary N) is 1. The molecule has 1 aromatic rings. The number of amides is 3. The lowest BCUT2D eigenvalue weighted by Crippen LogP contribution is -2.54. The van der Waals surface area contributed by atoms with Gasteiger partial charge >= 0.3 is 0 Å². The summed E-state index contributed by atoms with van der Waals surface area (Å²) in [5.74, 6) is -1.51. The van der Waals surface area contributed by atoms with Gasteiger partial charge in [0.2, 0.25) is 17.7 Å². The van der Waals surface area contributed by atoms with Crippen LogP contribution in [0.2, 0.25) is 0 Å². The van der Waals surface area contributed by atoms with E-state index in [1.807, 2.05) is 32.0 Å². The number of hydrogen-bond acceptors (Lipinski definition) is 4. The Labute approximate surface area is 166 Å². The summed E-state index contributed by atoms with van der Waals surface area (Å²) in [4.78, 5) is 43.8. The Balaban J connectivity index is 1.74. The predicted molar refractivity (Wildman–Crippen MR) is 103 cm³/mol. The second-order valence-electron chi connectivity index (χ2n) is 8.12. The molecule has 4 aliphatic heterocycles. The van der Waals surface area contributed by atoms with Crippen molar-refractivity contribution in [3.05, 3.63) is 28.2 Å². The SMILES string of the molecule is CC[C@@H](C)N1C(=O)[C@@H]2[C@H]3CCCN3[C@@]3(C(=O)Nc4ccc(Br)cc43)[C@@H]2C1=O. The van der Waals surface area contributed by atoms with E-state index < -0.39 is 17.4 Å². The van der Waals surface area contributed by atoms with Crippen LogP contribution < -0.4 is 5.32 Å². The molecule has 5 rings (SSSR count). The van der Waals surface area contributed by atoms with Crippen LogP contribution in [0.3, 0.4) is 0 Å². The van der Waals surface area contributed by atoms with E-state index in [1.165, 1.54) is 4.90 Å². The maximum atomic E-state index is 13.5. The van der Waals surface area contributed by atoms with Crippen molar-refractivity contribution < 1.29 is 14.4 Å². The Morgan fingerprint density at radius 2 is 2.07 bits per heavy atom. The van der Waals surface area contributed by atoms with Crippen LogP contribution in [-0.4, -0.2) is 46.1 Å². The molecule has 4 aliphatic rings. The first-order valence-corrected chi connectivity index (χ1v) is 10.5. The molecule has 6 nitrogen and oxygen atoms in total. The molecule has 4 heterocycles. The second-order valence-corrected chi connectivity index (χ2v) is 9.04. The van der Waals surface area contributed by atoms with Crippen LogP contribution in [0.1, 0.15) is 38.7 Å². The molecule has 5 atom stereocenters. The average molecular weight is 432 g/mol. The van der Waals surface area contributed by atoms with Gasteiger partial charge in [0.15, 0.2) is 0 Å². The smallest absolute Gasteiger partial charge is 0.250 e. The van der Waals surface area contributed by atoms with Gasteiger partial charge in [0, 0.05) is 27.8 Å².